The van der Waals surface area contributed by atoms with E-state index < -0.39 is 0 Å². The van der Waals surface area contributed by atoms with E-state index in [0.29, 0.717) is 41.9 Å². The summed E-state index contributed by atoms with van der Waals surface area (Å²) in [6, 6.07) is 18.7. The molecule has 32 heavy (non-hydrogen) atoms. The molecule has 7 nitrogen and oxygen atoms in total. The number of hydrogen-bond donors (Lipinski definition) is 1. The van der Waals surface area contributed by atoms with Crippen molar-refractivity contribution in [3.8, 4) is 0 Å². The lowest BCUT2D eigenvalue weighted by molar-refractivity contribution is 0.0998. The van der Waals surface area contributed by atoms with Gasteiger partial charge in [0.15, 0.2) is 5.78 Å². The summed E-state index contributed by atoms with van der Waals surface area (Å²) >= 11 is 3.49. The molecule has 2 heterocycles. The number of rotatable bonds is 8. The van der Waals surface area contributed by atoms with Gasteiger partial charge in [0.2, 0.25) is 0 Å². The van der Waals surface area contributed by atoms with Gasteiger partial charge in [-0.3, -0.25) is 18.7 Å². The second kappa shape index (κ2) is 9.56. The maximum Gasteiger partial charge on any atom is 0.332 e. The molecule has 0 amide bonds. The summed E-state index contributed by atoms with van der Waals surface area (Å²) in [5.41, 5.74) is 1.18. The maximum atomic E-state index is 13.4. The zero-order valence-electron chi connectivity index (χ0n) is 17.8. The summed E-state index contributed by atoms with van der Waals surface area (Å²) < 4.78 is 2.88. The Kier molecular flexibility index (Phi) is 6.60. The highest BCUT2D eigenvalue weighted by Gasteiger charge is 2.36. The second-order valence-electron chi connectivity index (χ2n) is 7.74. The van der Waals surface area contributed by atoms with E-state index in [1.54, 1.807) is 21.6 Å². The number of ketones is 1. The number of nitrogens with zero attached hydrogens (tertiary/aromatic N) is 3. The normalized spacial score (nSPS) is 14.8. The fourth-order valence-electron chi connectivity index (χ4n) is 4.00. The molecule has 1 aliphatic heterocycles. The van der Waals surface area contributed by atoms with Crippen LogP contribution in [-0.2, 0) is 13.1 Å². The summed E-state index contributed by atoms with van der Waals surface area (Å²) in [5, 5.41) is 3.79. The van der Waals surface area contributed by atoms with Gasteiger partial charge in [-0.25, -0.2) is 4.79 Å². The number of alkyl halides is 1. The van der Waals surface area contributed by atoms with Gasteiger partial charge >= 0.3 is 5.69 Å². The molecule has 166 valence electrons. The summed E-state index contributed by atoms with van der Waals surface area (Å²) in [4.78, 5) is 41.4. The molecule has 0 radical (unpaired) electrons. The summed E-state index contributed by atoms with van der Waals surface area (Å²) in [5.74, 6) is 0.370. The van der Waals surface area contributed by atoms with Crippen molar-refractivity contribution in [2.45, 2.75) is 32.6 Å². The molecule has 0 spiro atoms. The van der Waals surface area contributed by atoms with Crippen molar-refractivity contribution in [3.05, 3.63) is 92.6 Å². The minimum absolute atomic E-state index is 0.0329. The van der Waals surface area contributed by atoms with Gasteiger partial charge in [-0.1, -0.05) is 83.5 Å². The van der Waals surface area contributed by atoms with E-state index in [2.05, 4.69) is 21.2 Å². The Morgan fingerprint density at radius 1 is 1.00 bits per heavy atom. The van der Waals surface area contributed by atoms with E-state index in [9.17, 15) is 14.4 Å². The van der Waals surface area contributed by atoms with E-state index in [-0.39, 0.29) is 29.7 Å². The van der Waals surface area contributed by atoms with Crippen LogP contribution in [-0.4, -0.2) is 33.0 Å². The van der Waals surface area contributed by atoms with Crippen LogP contribution >= 0.6 is 15.9 Å². The molecule has 1 aromatic heterocycles. The van der Waals surface area contributed by atoms with E-state index in [4.69, 9.17) is 0 Å². The van der Waals surface area contributed by atoms with Crippen molar-refractivity contribution >= 4 is 33.2 Å². The summed E-state index contributed by atoms with van der Waals surface area (Å²) in [6.07, 6.45) is 0.321. The molecular weight excluding hydrogens is 472 g/mol. The lowest BCUT2D eigenvalue weighted by Crippen LogP contribution is -2.44. The lowest BCUT2D eigenvalue weighted by atomic mass is 10.1. The Hall–Kier alpha value is -3.13. The molecule has 1 atom stereocenters. The van der Waals surface area contributed by atoms with Crippen LogP contribution in [0.4, 0.5) is 11.5 Å². The second-order valence-corrected chi connectivity index (χ2v) is 8.39. The Morgan fingerprint density at radius 2 is 1.66 bits per heavy atom. The molecule has 2 aromatic carbocycles. The highest BCUT2D eigenvalue weighted by Crippen LogP contribution is 2.31. The highest BCUT2D eigenvalue weighted by molar-refractivity contribution is 9.09. The fraction of sp³-hybridized carbons (Fsp3) is 0.292. The first-order valence-corrected chi connectivity index (χ1v) is 11.8. The Labute approximate surface area is 194 Å². The Bertz CT molecular complexity index is 1220. The van der Waals surface area contributed by atoms with Crippen LogP contribution in [0.1, 0.15) is 29.3 Å². The molecule has 0 fully saturated rings. The van der Waals surface area contributed by atoms with Gasteiger partial charge in [0.25, 0.3) is 5.56 Å². The van der Waals surface area contributed by atoms with Crippen molar-refractivity contribution < 1.29 is 4.79 Å². The van der Waals surface area contributed by atoms with Gasteiger partial charge in [-0.15, -0.1) is 0 Å². The number of Topliss-reactive ketones (excluding diaryl/α,β-unsaturated/α-hetero) is 1. The average molecular weight is 497 g/mol. The van der Waals surface area contributed by atoms with Crippen molar-refractivity contribution in [1.29, 1.82) is 0 Å². The third-order valence-electron chi connectivity index (χ3n) is 5.56. The van der Waals surface area contributed by atoms with Crippen molar-refractivity contribution in [1.82, 2.24) is 9.13 Å². The van der Waals surface area contributed by atoms with Gasteiger partial charge in [0.05, 0.1) is 13.1 Å². The minimum atomic E-state index is -0.368. The van der Waals surface area contributed by atoms with Crippen LogP contribution in [0.15, 0.2) is 70.3 Å². The van der Waals surface area contributed by atoms with Gasteiger partial charge < -0.3 is 10.2 Å². The van der Waals surface area contributed by atoms with Crippen LogP contribution in [0.3, 0.4) is 0 Å². The largest absolute Gasteiger partial charge is 0.349 e. The molecule has 8 heteroatoms. The summed E-state index contributed by atoms with van der Waals surface area (Å²) in [7, 11) is 0. The van der Waals surface area contributed by atoms with Gasteiger partial charge in [0.1, 0.15) is 17.7 Å². The predicted molar refractivity (Wildman–Crippen MR) is 130 cm³/mol. The van der Waals surface area contributed by atoms with E-state index in [1.165, 1.54) is 4.57 Å². The first-order chi connectivity index (χ1) is 15.5. The fourth-order valence-corrected chi connectivity index (χ4v) is 4.51. The van der Waals surface area contributed by atoms with Crippen LogP contribution in [0.2, 0.25) is 0 Å². The minimum Gasteiger partial charge on any atom is -0.349 e. The number of aromatic nitrogens is 2. The first-order valence-electron chi connectivity index (χ1n) is 10.6. The molecule has 1 aliphatic rings. The van der Waals surface area contributed by atoms with Crippen LogP contribution in [0.25, 0.3) is 0 Å². The number of nitrogens with one attached hydrogen (secondary N) is 1. The van der Waals surface area contributed by atoms with Crippen molar-refractivity contribution in [2.24, 2.45) is 0 Å². The SMILES string of the molecule is CCCn1c(=O)c2c(n(Cc3ccccc3)c1=O)NC(CBr)N2CC(=O)c1ccccc1. The topological polar surface area (TPSA) is 76.3 Å². The molecule has 4 rings (SSSR count). The molecule has 3 aromatic rings. The number of benzene rings is 2. The number of halogens is 1. The Morgan fingerprint density at radius 3 is 2.28 bits per heavy atom. The smallest absolute Gasteiger partial charge is 0.332 e. The number of hydrogen-bond acceptors (Lipinski definition) is 5. The molecule has 0 saturated heterocycles. The van der Waals surface area contributed by atoms with Crippen LogP contribution < -0.4 is 21.5 Å². The third-order valence-corrected chi connectivity index (χ3v) is 6.17. The van der Waals surface area contributed by atoms with E-state index >= 15 is 0 Å². The number of anilines is 2. The van der Waals surface area contributed by atoms with Crippen molar-refractivity contribution in [3.63, 3.8) is 0 Å². The number of fused-ring (bicyclic) bond motifs is 1. The molecule has 0 bridgehead atoms. The van der Waals surface area contributed by atoms with Crippen LogP contribution in [0, 0.1) is 0 Å². The molecule has 0 aliphatic carbocycles. The highest BCUT2D eigenvalue weighted by atomic mass is 79.9. The molecular formula is C24H25BrN4O3. The molecule has 1 unspecified atom stereocenters. The monoisotopic (exact) mass is 496 g/mol. The standard InChI is InChI=1S/C24H25BrN4O3/c1-2-13-27-23(31)21-22(29(24(27)32)15-17-9-5-3-6-10-17)26-20(14-25)28(21)16-19(30)18-11-7-4-8-12-18/h3-12,20,26H,2,13-16H2,1H3. The van der Waals surface area contributed by atoms with E-state index in [1.807, 2.05) is 55.5 Å². The van der Waals surface area contributed by atoms with Gasteiger partial charge in [0, 0.05) is 17.4 Å². The summed E-state index contributed by atoms with van der Waals surface area (Å²) in [6.45, 7) is 2.61. The lowest BCUT2D eigenvalue weighted by Gasteiger charge is -2.24. The average Bonchev–Trinajstić information content (AvgIpc) is 3.19. The molecule has 1 N–H and O–H groups in total. The number of carbonyl (C=O) groups excluding carboxylic acids is 1. The van der Waals surface area contributed by atoms with Gasteiger partial charge in [-0.2, -0.15) is 0 Å². The van der Waals surface area contributed by atoms with Crippen molar-refractivity contribution in [2.75, 3.05) is 22.1 Å². The maximum absolute atomic E-state index is 13.4. The zero-order valence-corrected chi connectivity index (χ0v) is 19.4. The predicted octanol–water partition coefficient (Wildman–Crippen LogP) is 3.30. The zero-order chi connectivity index (χ0) is 22.7. The van der Waals surface area contributed by atoms with Crippen LogP contribution in [0.5, 0.6) is 0 Å². The molecule has 0 saturated carbocycles. The van der Waals surface area contributed by atoms with Gasteiger partial charge in [-0.05, 0) is 12.0 Å². The quantitative estimate of drug-likeness (QED) is 0.382. The number of carbonyl (C=O) groups is 1. The Balaban J connectivity index is 1.83. The first kappa shape index (κ1) is 22.1. The van der Waals surface area contributed by atoms with E-state index in [0.717, 1.165) is 5.56 Å². The third kappa shape index (κ3) is 4.14.